The predicted molar refractivity (Wildman–Crippen MR) is 79.8 cm³/mol. The lowest BCUT2D eigenvalue weighted by atomic mass is 10.3. The zero-order valence-electron chi connectivity index (χ0n) is 9.33. The molecule has 3 rings (SSSR count). The van der Waals surface area contributed by atoms with E-state index in [1.807, 2.05) is 6.07 Å². The monoisotopic (exact) mass is 330 g/mol. The molecule has 0 atom stereocenters. The van der Waals surface area contributed by atoms with Gasteiger partial charge in [0.1, 0.15) is 9.73 Å². The molecule has 2 heterocycles. The third-order valence-corrected chi connectivity index (χ3v) is 6.46. The molecule has 0 fully saturated rings. The summed E-state index contributed by atoms with van der Waals surface area (Å²) in [5.74, 6) is 0. The van der Waals surface area contributed by atoms with Crippen LogP contribution in [-0.4, -0.2) is 13.4 Å². The molecule has 0 saturated heterocycles. The number of nitrogens with zero attached hydrogens (tertiary/aromatic N) is 1. The Bertz CT molecular complexity index is 825. The van der Waals surface area contributed by atoms with Crippen molar-refractivity contribution in [2.45, 2.75) is 4.21 Å². The smallest absolute Gasteiger partial charge is 0.254 e. The molecular weight excluding hydrogens is 324 g/mol. The van der Waals surface area contributed by atoms with E-state index in [2.05, 4.69) is 9.71 Å². The molecule has 0 unspecified atom stereocenters. The lowest BCUT2D eigenvalue weighted by Crippen LogP contribution is -2.10. The van der Waals surface area contributed by atoms with Crippen molar-refractivity contribution in [3.05, 3.63) is 40.7 Å². The van der Waals surface area contributed by atoms with Crippen LogP contribution in [0.25, 0.3) is 10.2 Å². The molecule has 0 spiro atoms. The van der Waals surface area contributed by atoms with Crippen LogP contribution in [0.4, 0.5) is 5.13 Å². The number of thiophene rings is 1. The second kappa shape index (κ2) is 4.75. The summed E-state index contributed by atoms with van der Waals surface area (Å²) in [6, 6.07) is 8.62. The lowest BCUT2D eigenvalue weighted by molar-refractivity contribution is 0.603. The van der Waals surface area contributed by atoms with Crippen molar-refractivity contribution in [1.29, 1.82) is 0 Å². The van der Waals surface area contributed by atoms with Gasteiger partial charge in [-0.2, -0.15) is 0 Å². The third-order valence-electron chi connectivity index (χ3n) is 2.35. The molecule has 19 heavy (non-hydrogen) atoms. The summed E-state index contributed by atoms with van der Waals surface area (Å²) in [7, 11) is -3.56. The fraction of sp³-hybridized carbons (Fsp3) is 0. The lowest BCUT2D eigenvalue weighted by Gasteiger charge is -2.00. The average molecular weight is 331 g/mol. The quantitative estimate of drug-likeness (QED) is 0.794. The second-order valence-electron chi connectivity index (χ2n) is 3.64. The van der Waals surface area contributed by atoms with E-state index in [0.717, 1.165) is 16.0 Å². The fourth-order valence-electron chi connectivity index (χ4n) is 1.54. The van der Waals surface area contributed by atoms with Crippen molar-refractivity contribution in [2.24, 2.45) is 0 Å². The standard InChI is InChI=1S/C11H7ClN2O2S3/c12-7-3-1-4-8-10(7)13-11(18-8)14-19(15,16)9-5-2-6-17-9/h1-6H,(H,13,14). The van der Waals surface area contributed by atoms with Crippen LogP contribution in [0.15, 0.2) is 39.9 Å². The van der Waals surface area contributed by atoms with Crippen LogP contribution in [-0.2, 0) is 10.0 Å². The van der Waals surface area contributed by atoms with Crippen LogP contribution in [0.3, 0.4) is 0 Å². The molecule has 0 aliphatic rings. The SMILES string of the molecule is O=S(=O)(Nc1nc2c(Cl)cccc2s1)c1cccs1. The van der Waals surface area contributed by atoms with Crippen molar-refractivity contribution < 1.29 is 8.42 Å². The van der Waals surface area contributed by atoms with Gasteiger partial charge in [0.05, 0.1) is 9.72 Å². The van der Waals surface area contributed by atoms with E-state index < -0.39 is 10.0 Å². The molecule has 3 aromatic rings. The minimum absolute atomic E-state index is 0.262. The highest BCUT2D eigenvalue weighted by molar-refractivity contribution is 7.94. The maximum Gasteiger partial charge on any atom is 0.273 e. The molecule has 0 saturated carbocycles. The Morgan fingerprint density at radius 3 is 2.74 bits per heavy atom. The largest absolute Gasteiger partial charge is 0.273 e. The molecule has 1 N–H and O–H groups in total. The number of nitrogens with one attached hydrogen (secondary N) is 1. The van der Waals surface area contributed by atoms with Gasteiger partial charge in [0, 0.05) is 0 Å². The first-order chi connectivity index (χ1) is 9.06. The van der Waals surface area contributed by atoms with Crippen molar-refractivity contribution in [3.8, 4) is 0 Å². The minimum atomic E-state index is -3.56. The van der Waals surface area contributed by atoms with Crippen molar-refractivity contribution in [1.82, 2.24) is 4.98 Å². The third kappa shape index (κ3) is 2.46. The zero-order valence-corrected chi connectivity index (χ0v) is 12.5. The number of rotatable bonds is 3. The molecule has 98 valence electrons. The number of hydrogen-bond acceptors (Lipinski definition) is 5. The molecule has 0 bridgehead atoms. The van der Waals surface area contributed by atoms with Crippen LogP contribution in [0.2, 0.25) is 5.02 Å². The summed E-state index contributed by atoms with van der Waals surface area (Å²) in [5.41, 5.74) is 0.609. The number of benzene rings is 1. The minimum Gasteiger partial charge on any atom is -0.254 e. The summed E-state index contributed by atoms with van der Waals surface area (Å²) in [4.78, 5) is 4.21. The molecule has 4 nitrogen and oxygen atoms in total. The first kappa shape index (κ1) is 12.9. The molecule has 0 radical (unpaired) electrons. The Balaban J connectivity index is 2.00. The fourth-order valence-corrected chi connectivity index (χ4v) is 4.93. The van der Waals surface area contributed by atoms with Gasteiger partial charge >= 0.3 is 0 Å². The highest BCUT2D eigenvalue weighted by Crippen LogP contribution is 2.32. The summed E-state index contributed by atoms with van der Waals surface area (Å²) < 4.78 is 27.7. The molecule has 0 aliphatic heterocycles. The Kier molecular flexibility index (Phi) is 3.22. The van der Waals surface area contributed by atoms with Gasteiger partial charge in [-0.25, -0.2) is 13.4 Å². The first-order valence-electron chi connectivity index (χ1n) is 5.18. The van der Waals surface area contributed by atoms with Gasteiger partial charge in [0.25, 0.3) is 10.0 Å². The molecule has 0 aliphatic carbocycles. The zero-order chi connectivity index (χ0) is 13.5. The average Bonchev–Trinajstić information content (AvgIpc) is 2.96. The van der Waals surface area contributed by atoms with Crippen molar-refractivity contribution in [3.63, 3.8) is 0 Å². The van der Waals surface area contributed by atoms with E-state index in [1.165, 1.54) is 11.3 Å². The number of halogens is 1. The number of fused-ring (bicyclic) bond motifs is 1. The van der Waals surface area contributed by atoms with Gasteiger partial charge < -0.3 is 0 Å². The van der Waals surface area contributed by atoms with Gasteiger partial charge in [-0.1, -0.05) is 35.1 Å². The van der Waals surface area contributed by atoms with Gasteiger partial charge in [-0.15, -0.1) is 11.3 Å². The van der Waals surface area contributed by atoms with Crippen molar-refractivity contribution >= 4 is 59.6 Å². The summed E-state index contributed by atoms with van der Waals surface area (Å²) in [6.45, 7) is 0. The van der Waals surface area contributed by atoms with Crippen LogP contribution in [0.5, 0.6) is 0 Å². The number of aromatic nitrogens is 1. The van der Waals surface area contributed by atoms with E-state index in [1.54, 1.807) is 29.6 Å². The highest BCUT2D eigenvalue weighted by atomic mass is 35.5. The Hall–Kier alpha value is -1.15. The van der Waals surface area contributed by atoms with E-state index >= 15 is 0 Å². The normalized spacial score (nSPS) is 11.8. The first-order valence-corrected chi connectivity index (χ1v) is 8.73. The van der Waals surface area contributed by atoms with Crippen molar-refractivity contribution in [2.75, 3.05) is 4.72 Å². The number of para-hydroxylation sites is 1. The van der Waals surface area contributed by atoms with Gasteiger partial charge in [0.15, 0.2) is 5.13 Å². The van der Waals surface area contributed by atoms with E-state index in [0.29, 0.717) is 15.7 Å². The summed E-state index contributed by atoms with van der Waals surface area (Å²) in [5, 5.41) is 2.54. The number of anilines is 1. The van der Waals surface area contributed by atoms with E-state index in [9.17, 15) is 8.42 Å². The molecule has 0 amide bonds. The van der Waals surface area contributed by atoms with E-state index in [-0.39, 0.29) is 4.21 Å². The van der Waals surface area contributed by atoms with E-state index in [4.69, 9.17) is 11.6 Å². The number of hydrogen-bond donors (Lipinski definition) is 1. The van der Waals surface area contributed by atoms with Crippen LogP contribution < -0.4 is 4.72 Å². The molecule has 2 aromatic heterocycles. The van der Waals surface area contributed by atoms with Gasteiger partial charge in [-0.3, -0.25) is 4.72 Å². The number of thiazole rings is 1. The van der Waals surface area contributed by atoms with Crippen LogP contribution >= 0.6 is 34.3 Å². The Morgan fingerprint density at radius 2 is 2.05 bits per heavy atom. The Labute approximate surface area is 122 Å². The molecular formula is C11H7ClN2O2S3. The maximum atomic E-state index is 12.1. The number of sulfonamides is 1. The topological polar surface area (TPSA) is 59.1 Å². The Morgan fingerprint density at radius 1 is 1.21 bits per heavy atom. The van der Waals surface area contributed by atoms with Crippen LogP contribution in [0, 0.1) is 0 Å². The maximum absolute atomic E-state index is 12.1. The predicted octanol–water partition coefficient (Wildman–Crippen LogP) is 3.81. The summed E-state index contributed by atoms with van der Waals surface area (Å²) >= 11 is 8.42. The van der Waals surface area contributed by atoms with Gasteiger partial charge in [0.2, 0.25) is 0 Å². The van der Waals surface area contributed by atoms with Crippen LogP contribution in [0.1, 0.15) is 0 Å². The molecule has 1 aromatic carbocycles. The highest BCUT2D eigenvalue weighted by Gasteiger charge is 2.17. The summed E-state index contributed by atoms with van der Waals surface area (Å²) in [6.07, 6.45) is 0. The molecule has 8 heteroatoms. The second-order valence-corrected chi connectivity index (χ2v) is 7.94. The van der Waals surface area contributed by atoms with Gasteiger partial charge in [-0.05, 0) is 23.6 Å².